The van der Waals surface area contributed by atoms with Crippen LogP contribution in [0.3, 0.4) is 0 Å². The van der Waals surface area contributed by atoms with Gasteiger partial charge in [-0.1, -0.05) is 60.7 Å². The molecule has 0 aromatic heterocycles. The first-order valence-electron chi connectivity index (χ1n) is 14.9. The summed E-state index contributed by atoms with van der Waals surface area (Å²) in [5.74, 6) is -1.02. The highest BCUT2D eigenvalue weighted by Gasteiger charge is 2.58. The SMILES string of the molecule is CC1(C)O[C@H]2O[C@H]([C@@H](O)CSC[C@H](O)[C@H]3O[C@@H]4OC(C)(C)O[C@@H]4[C@H]3OCc3ccccc3)[C@H](OCc3ccccc3)[C@H]2O1. The second kappa shape index (κ2) is 13.0. The fourth-order valence-corrected chi connectivity index (χ4v) is 7.04. The van der Waals surface area contributed by atoms with Crippen LogP contribution in [0.15, 0.2) is 60.7 Å². The number of hydrogen-bond acceptors (Lipinski definition) is 11. The fourth-order valence-electron chi connectivity index (χ4n) is 6.04. The number of aliphatic hydroxyl groups is 2. The van der Waals surface area contributed by atoms with Crippen molar-refractivity contribution in [2.45, 2.75) is 114 Å². The molecule has 0 unspecified atom stereocenters. The summed E-state index contributed by atoms with van der Waals surface area (Å²) >= 11 is 1.40. The van der Waals surface area contributed by atoms with E-state index in [0.717, 1.165) is 11.1 Å². The Morgan fingerprint density at radius 2 is 1.05 bits per heavy atom. The lowest BCUT2D eigenvalue weighted by molar-refractivity contribution is -0.228. The van der Waals surface area contributed by atoms with Crippen LogP contribution >= 0.6 is 11.8 Å². The van der Waals surface area contributed by atoms with Gasteiger partial charge in [0.2, 0.25) is 0 Å². The van der Waals surface area contributed by atoms with Crippen LogP contribution in [0.25, 0.3) is 0 Å². The molecule has 236 valence electrons. The molecular formula is C32H42O10S. The van der Waals surface area contributed by atoms with Gasteiger partial charge in [-0.3, -0.25) is 0 Å². The molecule has 10 atom stereocenters. The Kier molecular flexibility index (Phi) is 9.50. The van der Waals surface area contributed by atoms with E-state index >= 15 is 0 Å². The van der Waals surface area contributed by atoms with E-state index in [0.29, 0.717) is 24.7 Å². The first-order valence-corrected chi connectivity index (χ1v) is 16.0. The quantitative estimate of drug-likeness (QED) is 0.365. The topological polar surface area (TPSA) is 114 Å². The molecule has 0 radical (unpaired) electrons. The summed E-state index contributed by atoms with van der Waals surface area (Å²) in [6.07, 6.45) is -6.36. The van der Waals surface area contributed by atoms with Crippen molar-refractivity contribution in [3.63, 3.8) is 0 Å². The van der Waals surface area contributed by atoms with Crippen molar-refractivity contribution in [3.8, 4) is 0 Å². The molecule has 4 saturated heterocycles. The van der Waals surface area contributed by atoms with E-state index in [4.69, 9.17) is 37.9 Å². The smallest absolute Gasteiger partial charge is 0.190 e. The summed E-state index contributed by atoms with van der Waals surface area (Å²) < 4.78 is 48.8. The average Bonchev–Trinajstić information content (AvgIpc) is 3.66. The maximum absolute atomic E-state index is 11.2. The Bertz CT molecular complexity index is 1090. The molecule has 0 bridgehead atoms. The second-order valence-corrected chi connectivity index (χ2v) is 13.4. The van der Waals surface area contributed by atoms with Crippen LogP contribution in [0.2, 0.25) is 0 Å². The van der Waals surface area contributed by atoms with Crippen molar-refractivity contribution < 1.29 is 48.1 Å². The number of hydrogen-bond donors (Lipinski definition) is 2. The summed E-state index contributed by atoms with van der Waals surface area (Å²) in [7, 11) is 0. The molecule has 0 amide bonds. The van der Waals surface area contributed by atoms with Crippen molar-refractivity contribution in [1.29, 1.82) is 0 Å². The number of benzene rings is 2. The number of thioether (sulfide) groups is 1. The standard InChI is InChI=1S/C32H42O10S/c1-31(2)39-27-25(35-15-19-11-7-5-8-12-19)23(37-29(27)41-31)21(33)17-43-18-22(34)24-26(36-16-20-13-9-6-10-14-20)28-30(38-24)42-32(3,4)40-28/h5-14,21-30,33-34H,15-18H2,1-4H3/t21-,22-,23+,24+,25-,26-,27+,28+,29+,30+/m0/s1. The molecule has 2 aromatic rings. The minimum absolute atomic E-state index is 0.297. The minimum Gasteiger partial charge on any atom is -0.389 e. The largest absolute Gasteiger partial charge is 0.389 e. The number of rotatable bonds is 12. The summed E-state index contributed by atoms with van der Waals surface area (Å²) in [5.41, 5.74) is 2.02. The van der Waals surface area contributed by atoms with E-state index in [2.05, 4.69) is 0 Å². The molecule has 10 nitrogen and oxygen atoms in total. The Morgan fingerprint density at radius 1 is 0.651 bits per heavy atom. The van der Waals surface area contributed by atoms with E-state index in [1.165, 1.54) is 11.8 Å². The van der Waals surface area contributed by atoms with Crippen LogP contribution in [0.5, 0.6) is 0 Å². The average molecular weight is 619 g/mol. The molecule has 43 heavy (non-hydrogen) atoms. The van der Waals surface area contributed by atoms with E-state index in [1.807, 2.05) is 88.4 Å². The van der Waals surface area contributed by atoms with E-state index in [9.17, 15) is 10.2 Å². The van der Waals surface area contributed by atoms with Gasteiger partial charge in [-0.15, -0.1) is 0 Å². The van der Waals surface area contributed by atoms with Crippen LogP contribution in [0.1, 0.15) is 38.8 Å². The summed E-state index contributed by atoms with van der Waals surface area (Å²) in [6, 6.07) is 19.7. The molecule has 4 fully saturated rings. The van der Waals surface area contributed by atoms with Crippen LogP contribution in [0.4, 0.5) is 0 Å². The molecule has 6 rings (SSSR count). The van der Waals surface area contributed by atoms with Crippen molar-refractivity contribution >= 4 is 11.8 Å². The zero-order chi connectivity index (χ0) is 30.2. The van der Waals surface area contributed by atoms with Gasteiger partial charge < -0.3 is 48.1 Å². The third-order valence-electron chi connectivity index (χ3n) is 7.96. The molecule has 11 heteroatoms. The van der Waals surface area contributed by atoms with Crippen molar-refractivity contribution in [2.75, 3.05) is 11.5 Å². The molecule has 2 N–H and O–H groups in total. The highest BCUT2D eigenvalue weighted by molar-refractivity contribution is 7.99. The van der Waals surface area contributed by atoms with Crippen LogP contribution in [-0.2, 0) is 51.1 Å². The summed E-state index contributed by atoms with van der Waals surface area (Å²) in [5, 5.41) is 22.4. The van der Waals surface area contributed by atoms with E-state index < -0.39 is 73.0 Å². The van der Waals surface area contributed by atoms with Gasteiger partial charge in [-0.2, -0.15) is 11.8 Å². The molecule has 4 aliphatic heterocycles. The highest BCUT2D eigenvalue weighted by Crippen LogP contribution is 2.42. The number of fused-ring (bicyclic) bond motifs is 2. The number of aliphatic hydroxyl groups excluding tert-OH is 2. The van der Waals surface area contributed by atoms with Gasteiger partial charge in [-0.25, -0.2) is 0 Å². The summed E-state index contributed by atoms with van der Waals surface area (Å²) in [6.45, 7) is 8.03. The Balaban J connectivity index is 1.05. The zero-order valence-corrected chi connectivity index (χ0v) is 25.8. The lowest BCUT2D eigenvalue weighted by atomic mass is 10.1. The van der Waals surface area contributed by atoms with Gasteiger partial charge in [0.25, 0.3) is 0 Å². The normalized spacial score (nSPS) is 35.5. The fraction of sp³-hybridized carbons (Fsp3) is 0.625. The molecule has 2 aromatic carbocycles. The van der Waals surface area contributed by atoms with Gasteiger partial charge >= 0.3 is 0 Å². The summed E-state index contributed by atoms with van der Waals surface area (Å²) in [4.78, 5) is 0. The third-order valence-corrected chi connectivity index (χ3v) is 9.11. The molecule has 0 aliphatic carbocycles. The Morgan fingerprint density at radius 3 is 1.44 bits per heavy atom. The van der Waals surface area contributed by atoms with Crippen LogP contribution < -0.4 is 0 Å². The highest BCUT2D eigenvalue weighted by atomic mass is 32.2. The minimum atomic E-state index is -0.889. The zero-order valence-electron chi connectivity index (χ0n) is 24.9. The van der Waals surface area contributed by atoms with E-state index in [1.54, 1.807) is 0 Å². The first kappa shape index (κ1) is 31.4. The Hall–Kier alpha value is -1.61. The predicted octanol–water partition coefficient (Wildman–Crippen LogP) is 3.37. The maximum atomic E-state index is 11.2. The molecule has 4 aliphatic rings. The lowest BCUT2D eigenvalue weighted by Crippen LogP contribution is -2.45. The Labute approximate surface area is 256 Å². The van der Waals surface area contributed by atoms with Crippen LogP contribution in [0, 0.1) is 0 Å². The van der Waals surface area contributed by atoms with Gasteiger partial charge in [0.05, 0.1) is 25.4 Å². The molecule has 0 spiro atoms. The lowest BCUT2D eigenvalue weighted by Gasteiger charge is -2.30. The number of ether oxygens (including phenoxy) is 8. The van der Waals surface area contributed by atoms with Crippen molar-refractivity contribution in [3.05, 3.63) is 71.8 Å². The van der Waals surface area contributed by atoms with Gasteiger partial charge in [0.1, 0.15) is 36.6 Å². The second-order valence-electron chi connectivity index (χ2n) is 12.3. The van der Waals surface area contributed by atoms with Crippen molar-refractivity contribution in [2.24, 2.45) is 0 Å². The van der Waals surface area contributed by atoms with Crippen molar-refractivity contribution in [1.82, 2.24) is 0 Å². The molecule has 4 heterocycles. The van der Waals surface area contributed by atoms with Crippen LogP contribution in [-0.4, -0.2) is 94.7 Å². The predicted molar refractivity (Wildman–Crippen MR) is 157 cm³/mol. The maximum Gasteiger partial charge on any atom is 0.190 e. The molecular weight excluding hydrogens is 576 g/mol. The van der Waals surface area contributed by atoms with Gasteiger partial charge in [0.15, 0.2) is 24.2 Å². The van der Waals surface area contributed by atoms with Gasteiger partial charge in [-0.05, 0) is 38.8 Å². The van der Waals surface area contributed by atoms with Gasteiger partial charge in [0, 0.05) is 11.5 Å². The van der Waals surface area contributed by atoms with E-state index in [-0.39, 0.29) is 0 Å². The molecule has 0 saturated carbocycles. The monoisotopic (exact) mass is 618 g/mol. The first-order chi connectivity index (χ1) is 20.6. The third kappa shape index (κ3) is 7.29.